The van der Waals surface area contributed by atoms with Crippen molar-refractivity contribution in [2.45, 2.75) is 26.7 Å². The van der Waals surface area contributed by atoms with Crippen molar-refractivity contribution >= 4 is 35.9 Å². The number of rotatable bonds is 8. The number of guanidine groups is 1. The fraction of sp³-hybridized carbons (Fsp3) is 0.706. The van der Waals surface area contributed by atoms with Gasteiger partial charge in [-0.1, -0.05) is 0 Å². The lowest BCUT2D eigenvalue weighted by Crippen LogP contribution is -2.53. The van der Waals surface area contributed by atoms with Gasteiger partial charge in [0, 0.05) is 64.9 Å². The molecule has 0 saturated carbocycles. The van der Waals surface area contributed by atoms with Crippen LogP contribution in [0.15, 0.2) is 23.5 Å². The third kappa shape index (κ3) is 7.72. The summed E-state index contributed by atoms with van der Waals surface area (Å²) in [5.41, 5.74) is 0. The Hall–Kier alpha value is -1.16. The molecule has 0 aliphatic carbocycles. The Morgan fingerprint density at radius 3 is 2.52 bits per heavy atom. The largest absolute Gasteiger partial charge is 0.382 e. The van der Waals surface area contributed by atoms with Gasteiger partial charge in [-0.25, -0.2) is 9.97 Å². The molecule has 0 atom stereocenters. The molecule has 1 saturated heterocycles. The van der Waals surface area contributed by atoms with Crippen LogP contribution in [0.2, 0.25) is 0 Å². The number of hydrogen-bond donors (Lipinski definition) is 1. The number of nitrogens with one attached hydrogen (secondary N) is 1. The van der Waals surface area contributed by atoms with Crippen LogP contribution in [0.25, 0.3) is 0 Å². The zero-order valence-electron chi connectivity index (χ0n) is 15.4. The summed E-state index contributed by atoms with van der Waals surface area (Å²) in [4.78, 5) is 18.0. The van der Waals surface area contributed by atoms with Crippen LogP contribution < -0.4 is 10.2 Å². The Morgan fingerprint density at radius 1 is 1.16 bits per heavy atom. The standard InChI is InChI=1S/C17H30N6O.HI/c1-3-18-16(19-8-5-6-15-24-4-2)22-11-13-23(14-12-22)17-20-9-7-10-21-17;/h7,9-10H,3-6,8,11-15H2,1-2H3,(H,18,19);1H. The van der Waals surface area contributed by atoms with Crippen LogP contribution in [0.4, 0.5) is 5.95 Å². The van der Waals surface area contributed by atoms with Crippen LogP contribution >= 0.6 is 24.0 Å². The normalized spacial score (nSPS) is 15.0. The van der Waals surface area contributed by atoms with Gasteiger partial charge in [0.25, 0.3) is 0 Å². The second-order valence-corrected chi connectivity index (χ2v) is 5.66. The Balaban J connectivity index is 0.00000312. The molecule has 0 amide bonds. The van der Waals surface area contributed by atoms with Crippen LogP contribution in [0.5, 0.6) is 0 Å². The van der Waals surface area contributed by atoms with Crippen molar-refractivity contribution in [3.63, 3.8) is 0 Å². The van der Waals surface area contributed by atoms with Gasteiger partial charge >= 0.3 is 0 Å². The summed E-state index contributed by atoms with van der Waals surface area (Å²) in [5, 5.41) is 3.40. The Labute approximate surface area is 168 Å². The van der Waals surface area contributed by atoms with Gasteiger partial charge in [-0.2, -0.15) is 0 Å². The highest BCUT2D eigenvalue weighted by Gasteiger charge is 2.20. The number of hydrogen-bond acceptors (Lipinski definition) is 5. The molecular formula is C17H31IN6O. The summed E-state index contributed by atoms with van der Waals surface area (Å²) < 4.78 is 5.37. The van der Waals surface area contributed by atoms with Gasteiger partial charge in [0.15, 0.2) is 5.96 Å². The molecule has 142 valence electrons. The molecule has 1 aromatic heterocycles. The van der Waals surface area contributed by atoms with E-state index in [2.05, 4.69) is 32.0 Å². The lowest BCUT2D eigenvalue weighted by Gasteiger charge is -2.36. The van der Waals surface area contributed by atoms with Crippen molar-refractivity contribution in [2.24, 2.45) is 4.99 Å². The zero-order chi connectivity index (χ0) is 17.0. The molecule has 7 nitrogen and oxygen atoms in total. The maximum atomic E-state index is 5.37. The molecule has 1 aliphatic rings. The molecule has 0 spiro atoms. The molecule has 8 heteroatoms. The van der Waals surface area contributed by atoms with Crippen molar-refractivity contribution < 1.29 is 4.74 Å². The number of aromatic nitrogens is 2. The van der Waals surface area contributed by atoms with Crippen molar-refractivity contribution in [3.8, 4) is 0 Å². The van der Waals surface area contributed by atoms with E-state index in [1.807, 2.05) is 13.0 Å². The van der Waals surface area contributed by atoms with Crippen molar-refractivity contribution in [2.75, 3.05) is 57.4 Å². The first-order valence-corrected chi connectivity index (χ1v) is 8.98. The van der Waals surface area contributed by atoms with Gasteiger partial charge < -0.3 is 19.9 Å². The lowest BCUT2D eigenvalue weighted by molar-refractivity contribution is 0.144. The smallest absolute Gasteiger partial charge is 0.225 e. The summed E-state index contributed by atoms with van der Waals surface area (Å²) >= 11 is 0. The summed E-state index contributed by atoms with van der Waals surface area (Å²) in [6.45, 7) is 11.2. The number of nitrogens with zero attached hydrogens (tertiary/aromatic N) is 5. The molecule has 25 heavy (non-hydrogen) atoms. The Bertz CT molecular complexity index is 479. The van der Waals surface area contributed by atoms with Gasteiger partial charge in [0.2, 0.25) is 5.95 Å². The maximum absolute atomic E-state index is 5.37. The van der Waals surface area contributed by atoms with E-state index >= 15 is 0 Å². The van der Waals surface area contributed by atoms with Crippen LogP contribution in [0.1, 0.15) is 26.7 Å². The summed E-state index contributed by atoms with van der Waals surface area (Å²) in [6, 6.07) is 1.85. The average Bonchev–Trinajstić information content (AvgIpc) is 2.64. The van der Waals surface area contributed by atoms with Crippen LogP contribution in [0, 0.1) is 0 Å². The molecular weight excluding hydrogens is 431 g/mol. The first-order valence-electron chi connectivity index (χ1n) is 8.98. The number of ether oxygens (including phenoxy) is 1. The predicted octanol–water partition coefficient (Wildman–Crippen LogP) is 2.00. The van der Waals surface area contributed by atoms with Crippen molar-refractivity contribution in [1.29, 1.82) is 0 Å². The van der Waals surface area contributed by atoms with Gasteiger partial charge in [-0.05, 0) is 32.8 Å². The fourth-order valence-electron chi connectivity index (χ4n) is 2.64. The van der Waals surface area contributed by atoms with E-state index in [4.69, 9.17) is 9.73 Å². The molecule has 0 unspecified atom stereocenters. The molecule has 1 fully saturated rings. The molecule has 0 aromatic carbocycles. The van der Waals surface area contributed by atoms with Gasteiger partial charge in [0.05, 0.1) is 0 Å². The van der Waals surface area contributed by atoms with E-state index in [1.165, 1.54) is 0 Å². The van der Waals surface area contributed by atoms with E-state index < -0.39 is 0 Å². The molecule has 1 aromatic rings. The average molecular weight is 462 g/mol. The highest BCUT2D eigenvalue weighted by Crippen LogP contribution is 2.09. The molecule has 1 N–H and O–H groups in total. The minimum Gasteiger partial charge on any atom is -0.382 e. The number of piperazine rings is 1. The van der Waals surface area contributed by atoms with E-state index in [-0.39, 0.29) is 24.0 Å². The fourth-order valence-corrected chi connectivity index (χ4v) is 2.64. The van der Waals surface area contributed by atoms with Crippen molar-refractivity contribution in [3.05, 3.63) is 18.5 Å². The van der Waals surface area contributed by atoms with Crippen LogP contribution in [-0.2, 0) is 4.74 Å². The SMILES string of the molecule is CCNC(=NCCCCOCC)N1CCN(c2ncccn2)CC1.I. The third-order valence-electron chi connectivity index (χ3n) is 3.91. The first kappa shape index (κ1) is 21.9. The molecule has 2 heterocycles. The topological polar surface area (TPSA) is 65.9 Å². The first-order chi connectivity index (χ1) is 11.8. The lowest BCUT2D eigenvalue weighted by atomic mass is 10.3. The van der Waals surface area contributed by atoms with Gasteiger partial charge in [-0.3, -0.25) is 4.99 Å². The maximum Gasteiger partial charge on any atom is 0.225 e. The zero-order valence-corrected chi connectivity index (χ0v) is 17.7. The van der Waals surface area contributed by atoms with E-state index in [0.717, 1.165) is 77.2 Å². The van der Waals surface area contributed by atoms with Gasteiger partial charge in [-0.15, -0.1) is 24.0 Å². The summed E-state index contributed by atoms with van der Waals surface area (Å²) in [7, 11) is 0. The molecule has 2 rings (SSSR count). The van der Waals surface area contributed by atoms with Crippen molar-refractivity contribution in [1.82, 2.24) is 20.2 Å². The van der Waals surface area contributed by atoms with Gasteiger partial charge in [0.1, 0.15) is 0 Å². The minimum absolute atomic E-state index is 0. The Morgan fingerprint density at radius 2 is 1.88 bits per heavy atom. The second kappa shape index (κ2) is 13.1. The van der Waals surface area contributed by atoms with E-state index in [0.29, 0.717) is 0 Å². The van der Waals surface area contributed by atoms with Crippen LogP contribution in [-0.4, -0.2) is 73.3 Å². The number of anilines is 1. The molecule has 0 radical (unpaired) electrons. The number of unbranched alkanes of at least 4 members (excludes halogenated alkanes) is 1. The highest BCUT2D eigenvalue weighted by atomic mass is 127. The van der Waals surface area contributed by atoms with E-state index in [9.17, 15) is 0 Å². The number of halogens is 1. The van der Waals surface area contributed by atoms with E-state index in [1.54, 1.807) is 12.4 Å². The summed E-state index contributed by atoms with van der Waals surface area (Å²) in [6.07, 6.45) is 5.72. The quantitative estimate of drug-likeness (QED) is 0.276. The summed E-state index contributed by atoms with van der Waals surface area (Å²) in [5.74, 6) is 1.83. The third-order valence-corrected chi connectivity index (χ3v) is 3.91. The molecule has 0 bridgehead atoms. The molecule has 1 aliphatic heterocycles. The Kier molecular flexibility index (Phi) is 11.5. The highest BCUT2D eigenvalue weighted by molar-refractivity contribution is 14.0. The minimum atomic E-state index is 0. The second-order valence-electron chi connectivity index (χ2n) is 5.66. The van der Waals surface area contributed by atoms with Crippen LogP contribution in [0.3, 0.4) is 0 Å². The predicted molar refractivity (Wildman–Crippen MR) is 113 cm³/mol. The monoisotopic (exact) mass is 462 g/mol. The number of aliphatic imine (C=N–C) groups is 1.